The second-order valence-corrected chi connectivity index (χ2v) is 4.38. The van der Waals surface area contributed by atoms with Crippen LogP contribution in [0.25, 0.3) is 10.9 Å². The summed E-state index contributed by atoms with van der Waals surface area (Å²) in [5, 5.41) is 4.72. The Kier molecular flexibility index (Phi) is 3.59. The summed E-state index contributed by atoms with van der Waals surface area (Å²) < 4.78 is 0. The fraction of sp³-hybridized carbons (Fsp3) is 0.385. The maximum atomic E-state index is 3.44. The summed E-state index contributed by atoms with van der Waals surface area (Å²) in [6, 6.07) is 8.65. The quantitative estimate of drug-likeness (QED) is 0.749. The van der Waals surface area contributed by atoms with E-state index in [9.17, 15) is 0 Å². The normalized spacial score (nSPS) is 11.4. The van der Waals surface area contributed by atoms with E-state index in [1.807, 2.05) is 6.20 Å². The van der Waals surface area contributed by atoms with Crippen molar-refractivity contribution in [1.82, 2.24) is 15.2 Å². The summed E-state index contributed by atoms with van der Waals surface area (Å²) in [5.41, 5.74) is 2.54. The number of likely N-dealkylation sites (N-methyl/N-ethyl adjacent to an activating group) is 1. The minimum absolute atomic E-state index is 0.939. The fourth-order valence-corrected chi connectivity index (χ4v) is 1.75. The van der Waals surface area contributed by atoms with Crippen LogP contribution in [0.5, 0.6) is 0 Å². The molecule has 86 valence electrons. The van der Waals surface area contributed by atoms with Gasteiger partial charge in [-0.1, -0.05) is 6.07 Å². The van der Waals surface area contributed by atoms with E-state index >= 15 is 0 Å². The van der Waals surface area contributed by atoms with Gasteiger partial charge >= 0.3 is 0 Å². The highest BCUT2D eigenvalue weighted by Crippen LogP contribution is 2.13. The van der Waals surface area contributed by atoms with Gasteiger partial charge in [-0.25, -0.2) is 0 Å². The SMILES string of the molecule is CN(C)CCNCc1ccc2[nH]ccc2c1. The molecule has 2 rings (SSSR count). The molecular weight excluding hydrogens is 198 g/mol. The zero-order valence-corrected chi connectivity index (χ0v) is 9.96. The van der Waals surface area contributed by atoms with Gasteiger partial charge in [0.25, 0.3) is 0 Å². The highest BCUT2D eigenvalue weighted by molar-refractivity contribution is 5.79. The van der Waals surface area contributed by atoms with Gasteiger partial charge in [0.2, 0.25) is 0 Å². The largest absolute Gasteiger partial charge is 0.361 e. The number of benzene rings is 1. The Labute approximate surface area is 96.5 Å². The highest BCUT2D eigenvalue weighted by Gasteiger charge is 1.97. The Hall–Kier alpha value is -1.32. The molecule has 1 aromatic heterocycles. The molecule has 0 aliphatic heterocycles. The Morgan fingerprint density at radius 1 is 1.25 bits per heavy atom. The molecule has 1 aromatic carbocycles. The van der Waals surface area contributed by atoms with Gasteiger partial charge in [0.15, 0.2) is 0 Å². The molecule has 0 amide bonds. The van der Waals surface area contributed by atoms with Crippen LogP contribution in [0.3, 0.4) is 0 Å². The summed E-state index contributed by atoms with van der Waals surface area (Å²) in [7, 11) is 4.18. The number of hydrogen-bond acceptors (Lipinski definition) is 2. The van der Waals surface area contributed by atoms with Crippen LogP contribution < -0.4 is 5.32 Å². The molecule has 0 aliphatic rings. The van der Waals surface area contributed by atoms with Crippen molar-refractivity contribution in [2.75, 3.05) is 27.2 Å². The molecule has 0 unspecified atom stereocenters. The van der Waals surface area contributed by atoms with Crippen molar-refractivity contribution < 1.29 is 0 Å². The molecular formula is C13H19N3. The molecule has 0 aliphatic carbocycles. The van der Waals surface area contributed by atoms with E-state index in [1.54, 1.807) is 0 Å². The van der Waals surface area contributed by atoms with Gasteiger partial charge in [-0.05, 0) is 43.2 Å². The lowest BCUT2D eigenvalue weighted by Gasteiger charge is -2.10. The number of fused-ring (bicyclic) bond motifs is 1. The Morgan fingerprint density at radius 3 is 2.94 bits per heavy atom. The van der Waals surface area contributed by atoms with Crippen molar-refractivity contribution in [1.29, 1.82) is 0 Å². The number of H-pyrrole nitrogens is 1. The lowest BCUT2D eigenvalue weighted by atomic mass is 10.1. The minimum atomic E-state index is 0.939. The van der Waals surface area contributed by atoms with Crippen LogP contribution in [0.2, 0.25) is 0 Å². The van der Waals surface area contributed by atoms with Crippen molar-refractivity contribution in [2.45, 2.75) is 6.54 Å². The number of nitrogens with one attached hydrogen (secondary N) is 2. The standard InChI is InChI=1S/C13H19N3/c1-16(2)8-7-14-10-11-3-4-13-12(9-11)5-6-15-13/h3-6,9,14-15H,7-8,10H2,1-2H3. The molecule has 0 saturated carbocycles. The van der Waals surface area contributed by atoms with Crippen LogP contribution in [0.15, 0.2) is 30.5 Å². The first-order valence-electron chi connectivity index (χ1n) is 5.67. The van der Waals surface area contributed by atoms with Gasteiger partial charge in [-0.2, -0.15) is 0 Å². The Morgan fingerprint density at radius 2 is 2.12 bits per heavy atom. The number of aromatic nitrogens is 1. The molecule has 2 aromatic rings. The fourth-order valence-electron chi connectivity index (χ4n) is 1.75. The van der Waals surface area contributed by atoms with Crippen LogP contribution in [-0.4, -0.2) is 37.1 Å². The average Bonchev–Trinajstić information content (AvgIpc) is 2.71. The van der Waals surface area contributed by atoms with E-state index in [1.165, 1.54) is 16.5 Å². The number of nitrogens with zero attached hydrogens (tertiary/aromatic N) is 1. The van der Waals surface area contributed by atoms with Crippen molar-refractivity contribution >= 4 is 10.9 Å². The van der Waals surface area contributed by atoms with Crippen molar-refractivity contribution in [3.05, 3.63) is 36.0 Å². The van der Waals surface area contributed by atoms with Crippen molar-refractivity contribution in [3.63, 3.8) is 0 Å². The molecule has 3 heteroatoms. The van der Waals surface area contributed by atoms with E-state index in [-0.39, 0.29) is 0 Å². The second kappa shape index (κ2) is 5.14. The molecule has 16 heavy (non-hydrogen) atoms. The molecule has 0 bridgehead atoms. The van der Waals surface area contributed by atoms with Gasteiger partial charge in [0.05, 0.1) is 0 Å². The maximum Gasteiger partial charge on any atom is 0.0454 e. The molecule has 0 fully saturated rings. The number of aromatic amines is 1. The molecule has 2 N–H and O–H groups in total. The summed E-state index contributed by atoms with van der Waals surface area (Å²) in [6.45, 7) is 3.04. The molecule has 1 heterocycles. The van der Waals surface area contributed by atoms with E-state index in [4.69, 9.17) is 0 Å². The zero-order valence-electron chi connectivity index (χ0n) is 9.96. The lowest BCUT2D eigenvalue weighted by molar-refractivity contribution is 0.400. The number of hydrogen-bond donors (Lipinski definition) is 2. The summed E-state index contributed by atoms with van der Waals surface area (Å²) >= 11 is 0. The van der Waals surface area contributed by atoms with Crippen LogP contribution >= 0.6 is 0 Å². The second-order valence-electron chi connectivity index (χ2n) is 4.38. The topological polar surface area (TPSA) is 31.1 Å². The third-order valence-electron chi connectivity index (χ3n) is 2.68. The average molecular weight is 217 g/mol. The van der Waals surface area contributed by atoms with Gasteiger partial charge in [0, 0.05) is 31.3 Å². The molecule has 0 radical (unpaired) electrons. The Bertz CT molecular complexity index is 445. The van der Waals surface area contributed by atoms with E-state index in [0.29, 0.717) is 0 Å². The van der Waals surface area contributed by atoms with Gasteiger partial charge in [-0.3, -0.25) is 0 Å². The van der Waals surface area contributed by atoms with Gasteiger partial charge < -0.3 is 15.2 Å². The van der Waals surface area contributed by atoms with E-state index in [0.717, 1.165) is 19.6 Å². The van der Waals surface area contributed by atoms with Crippen molar-refractivity contribution in [2.24, 2.45) is 0 Å². The maximum absolute atomic E-state index is 3.44. The predicted octanol–water partition coefficient (Wildman–Crippen LogP) is 1.82. The van der Waals surface area contributed by atoms with Crippen LogP contribution in [0.1, 0.15) is 5.56 Å². The van der Waals surface area contributed by atoms with Crippen LogP contribution in [-0.2, 0) is 6.54 Å². The third kappa shape index (κ3) is 2.84. The summed E-state index contributed by atoms with van der Waals surface area (Å²) in [6.07, 6.45) is 1.98. The van der Waals surface area contributed by atoms with Crippen LogP contribution in [0, 0.1) is 0 Å². The zero-order chi connectivity index (χ0) is 11.4. The first-order valence-corrected chi connectivity index (χ1v) is 5.67. The third-order valence-corrected chi connectivity index (χ3v) is 2.68. The van der Waals surface area contributed by atoms with Crippen molar-refractivity contribution in [3.8, 4) is 0 Å². The molecule has 0 atom stereocenters. The van der Waals surface area contributed by atoms with Gasteiger partial charge in [0.1, 0.15) is 0 Å². The first-order chi connectivity index (χ1) is 7.75. The van der Waals surface area contributed by atoms with E-state index < -0.39 is 0 Å². The number of rotatable bonds is 5. The lowest BCUT2D eigenvalue weighted by Crippen LogP contribution is -2.26. The first kappa shape index (κ1) is 11.2. The smallest absolute Gasteiger partial charge is 0.0454 e. The molecule has 0 spiro atoms. The summed E-state index contributed by atoms with van der Waals surface area (Å²) in [4.78, 5) is 5.38. The molecule has 3 nitrogen and oxygen atoms in total. The minimum Gasteiger partial charge on any atom is -0.361 e. The monoisotopic (exact) mass is 217 g/mol. The van der Waals surface area contributed by atoms with Gasteiger partial charge in [-0.15, -0.1) is 0 Å². The van der Waals surface area contributed by atoms with Crippen LogP contribution in [0.4, 0.5) is 0 Å². The predicted molar refractivity (Wildman–Crippen MR) is 68.6 cm³/mol. The van der Waals surface area contributed by atoms with E-state index in [2.05, 4.69) is 53.6 Å². The highest BCUT2D eigenvalue weighted by atomic mass is 15.1. The molecule has 0 saturated heterocycles. The summed E-state index contributed by atoms with van der Waals surface area (Å²) in [5.74, 6) is 0. The Balaban J connectivity index is 1.89.